The second kappa shape index (κ2) is 7.69. The van der Waals surface area contributed by atoms with Gasteiger partial charge in [-0.25, -0.2) is 9.99 Å². The predicted octanol–water partition coefficient (Wildman–Crippen LogP) is 1.89. The summed E-state index contributed by atoms with van der Waals surface area (Å²) >= 11 is 1.26. The normalized spacial score (nSPS) is 14.8. The van der Waals surface area contributed by atoms with Gasteiger partial charge in [-0.15, -0.1) is 0 Å². The van der Waals surface area contributed by atoms with Gasteiger partial charge in [0.25, 0.3) is 5.91 Å². The van der Waals surface area contributed by atoms with Crippen molar-refractivity contribution >= 4 is 34.4 Å². The Balaban J connectivity index is 1.76. The number of amides is 2. The maximum absolute atomic E-state index is 12.4. The maximum atomic E-state index is 12.4. The smallest absolute Gasteiger partial charge is 0.283 e. The Hall–Kier alpha value is -2.74. The van der Waals surface area contributed by atoms with Crippen molar-refractivity contribution < 1.29 is 9.59 Å². The van der Waals surface area contributed by atoms with Crippen LogP contribution in [0.5, 0.6) is 0 Å². The molecule has 0 bridgehead atoms. The molecule has 2 amide bonds. The lowest BCUT2D eigenvalue weighted by Gasteiger charge is -2.15. The first-order valence-corrected chi connectivity index (χ1v) is 8.34. The molecule has 3 heterocycles. The molecule has 0 aromatic carbocycles. The Morgan fingerprint density at radius 1 is 1.21 bits per heavy atom. The summed E-state index contributed by atoms with van der Waals surface area (Å²) in [6.07, 6.45) is 5.24. The second-order valence-electron chi connectivity index (χ2n) is 4.98. The molecule has 0 atom stereocenters. The predicted molar refractivity (Wildman–Crippen MR) is 92.2 cm³/mol. The van der Waals surface area contributed by atoms with Gasteiger partial charge in [0.05, 0.1) is 6.54 Å². The summed E-state index contributed by atoms with van der Waals surface area (Å²) in [5, 5.41) is 8.53. The number of hydrogen-bond donors (Lipinski definition) is 1. The van der Waals surface area contributed by atoms with E-state index >= 15 is 0 Å². The Labute approximate surface area is 143 Å². The molecule has 0 aliphatic carbocycles. The Morgan fingerprint density at radius 2 is 2.04 bits per heavy atom. The molecule has 24 heavy (non-hydrogen) atoms. The highest BCUT2D eigenvalue weighted by atomic mass is 32.2. The summed E-state index contributed by atoms with van der Waals surface area (Å²) in [4.78, 5) is 32.6. The summed E-state index contributed by atoms with van der Waals surface area (Å²) in [7, 11) is 0. The van der Waals surface area contributed by atoms with E-state index in [1.807, 2.05) is 12.1 Å². The number of aromatic nitrogens is 2. The molecule has 7 nitrogen and oxygen atoms in total. The molecule has 1 aliphatic heterocycles. The first kappa shape index (κ1) is 16.1. The van der Waals surface area contributed by atoms with Crippen LogP contribution in [0.1, 0.15) is 12.0 Å². The van der Waals surface area contributed by atoms with Crippen LogP contribution in [-0.2, 0) is 16.1 Å². The fourth-order valence-corrected chi connectivity index (χ4v) is 2.87. The number of nitrogens with zero attached hydrogens (tertiary/aromatic N) is 4. The van der Waals surface area contributed by atoms with Gasteiger partial charge in [0.2, 0.25) is 5.91 Å². The highest BCUT2D eigenvalue weighted by Crippen LogP contribution is 2.18. The third kappa shape index (κ3) is 4.17. The van der Waals surface area contributed by atoms with Gasteiger partial charge in [-0.05, 0) is 29.8 Å². The minimum absolute atomic E-state index is 0.111. The summed E-state index contributed by atoms with van der Waals surface area (Å²) in [5.41, 5.74) is 0.901. The second-order valence-corrected chi connectivity index (χ2v) is 6.06. The van der Waals surface area contributed by atoms with Crippen molar-refractivity contribution in [1.82, 2.24) is 15.0 Å². The lowest BCUT2D eigenvalue weighted by Crippen LogP contribution is -2.27. The molecule has 0 spiro atoms. The van der Waals surface area contributed by atoms with E-state index in [0.717, 1.165) is 5.56 Å². The Morgan fingerprint density at radius 3 is 2.79 bits per heavy atom. The molecule has 1 aliphatic rings. The summed E-state index contributed by atoms with van der Waals surface area (Å²) in [6.45, 7) is 0.308. The van der Waals surface area contributed by atoms with Crippen LogP contribution >= 0.6 is 11.8 Å². The highest BCUT2D eigenvalue weighted by Gasteiger charge is 2.23. The van der Waals surface area contributed by atoms with Gasteiger partial charge in [0.15, 0.2) is 5.04 Å². The summed E-state index contributed by atoms with van der Waals surface area (Å²) < 4.78 is 0. The zero-order chi connectivity index (χ0) is 16.8. The van der Waals surface area contributed by atoms with Gasteiger partial charge in [-0.2, -0.15) is 5.10 Å². The number of carbonyl (C=O) groups is 2. The van der Waals surface area contributed by atoms with Gasteiger partial charge in [-0.1, -0.05) is 17.8 Å². The van der Waals surface area contributed by atoms with Crippen LogP contribution < -0.4 is 5.32 Å². The molecule has 0 unspecified atom stereocenters. The number of pyridine rings is 2. The van der Waals surface area contributed by atoms with Crippen LogP contribution in [0.15, 0.2) is 54.0 Å². The lowest BCUT2D eigenvalue weighted by molar-refractivity contribution is -0.131. The molecule has 0 fully saturated rings. The molecular formula is C16H15N5O2S. The fourth-order valence-electron chi connectivity index (χ4n) is 2.06. The van der Waals surface area contributed by atoms with Gasteiger partial charge in [0, 0.05) is 30.8 Å². The van der Waals surface area contributed by atoms with Crippen molar-refractivity contribution in [2.75, 3.05) is 11.1 Å². The fraction of sp³-hybridized carbons (Fsp3) is 0.188. The number of hydrogen-bond acceptors (Lipinski definition) is 6. The molecule has 2 aromatic heterocycles. The number of nitrogens with one attached hydrogen (secondary N) is 1. The Bertz CT molecular complexity index is 752. The zero-order valence-electron chi connectivity index (χ0n) is 12.8. The number of hydrazone groups is 1. The Kier molecular flexibility index (Phi) is 5.17. The van der Waals surface area contributed by atoms with Gasteiger partial charge in [-0.3, -0.25) is 14.6 Å². The lowest BCUT2D eigenvalue weighted by atomic mass is 10.2. The van der Waals surface area contributed by atoms with E-state index < -0.39 is 0 Å². The molecule has 2 aromatic rings. The van der Waals surface area contributed by atoms with E-state index in [4.69, 9.17) is 0 Å². The van der Waals surface area contributed by atoms with Gasteiger partial charge < -0.3 is 5.32 Å². The third-order valence-corrected chi connectivity index (χ3v) is 4.19. The maximum Gasteiger partial charge on any atom is 0.283 e. The monoisotopic (exact) mass is 341 g/mol. The average molecular weight is 341 g/mol. The van der Waals surface area contributed by atoms with Crippen LogP contribution in [0.3, 0.4) is 0 Å². The van der Waals surface area contributed by atoms with Crippen LogP contribution in [0, 0.1) is 0 Å². The first-order valence-electron chi connectivity index (χ1n) is 7.35. The number of thioether (sulfide) groups is 1. The van der Waals surface area contributed by atoms with E-state index in [-0.39, 0.29) is 16.9 Å². The van der Waals surface area contributed by atoms with E-state index in [2.05, 4.69) is 20.4 Å². The van der Waals surface area contributed by atoms with Gasteiger partial charge in [0.1, 0.15) is 5.82 Å². The molecule has 122 valence electrons. The molecule has 0 saturated carbocycles. The molecule has 3 rings (SSSR count). The molecule has 0 radical (unpaired) electrons. The molecule has 8 heteroatoms. The summed E-state index contributed by atoms with van der Waals surface area (Å²) in [6, 6.07) is 8.87. The van der Waals surface area contributed by atoms with Crippen molar-refractivity contribution in [3.63, 3.8) is 0 Å². The van der Waals surface area contributed by atoms with Crippen LogP contribution in [0.25, 0.3) is 0 Å². The SMILES string of the molecule is O=C(Nc1ccccn1)C1=NN(Cc2ccncc2)C(=O)CCS1. The number of carbonyl (C=O) groups excluding carboxylic acids is 2. The van der Waals surface area contributed by atoms with Crippen LogP contribution in [-0.4, -0.2) is 37.6 Å². The van der Waals surface area contributed by atoms with Gasteiger partial charge >= 0.3 is 0 Å². The third-order valence-electron chi connectivity index (χ3n) is 3.24. The van der Waals surface area contributed by atoms with Crippen LogP contribution in [0.2, 0.25) is 0 Å². The minimum Gasteiger partial charge on any atom is -0.305 e. The summed E-state index contributed by atoms with van der Waals surface area (Å²) in [5.74, 6) is 0.482. The van der Waals surface area contributed by atoms with Crippen molar-refractivity contribution in [3.8, 4) is 0 Å². The first-order chi connectivity index (χ1) is 11.7. The topological polar surface area (TPSA) is 87.6 Å². The van der Waals surface area contributed by atoms with E-state index in [9.17, 15) is 9.59 Å². The number of rotatable bonds is 4. The highest BCUT2D eigenvalue weighted by molar-refractivity contribution is 8.15. The number of anilines is 1. The van der Waals surface area contributed by atoms with E-state index in [0.29, 0.717) is 24.5 Å². The quantitative estimate of drug-likeness (QED) is 0.917. The van der Waals surface area contributed by atoms with E-state index in [1.54, 1.807) is 36.8 Å². The van der Waals surface area contributed by atoms with Crippen molar-refractivity contribution in [2.24, 2.45) is 5.10 Å². The zero-order valence-corrected chi connectivity index (χ0v) is 13.6. The molecular weight excluding hydrogens is 326 g/mol. The molecule has 0 saturated heterocycles. The minimum atomic E-state index is -0.367. The largest absolute Gasteiger partial charge is 0.305 e. The molecule has 1 N–H and O–H groups in total. The van der Waals surface area contributed by atoms with Crippen molar-refractivity contribution in [3.05, 3.63) is 54.5 Å². The van der Waals surface area contributed by atoms with Crippen LogP contribution in [0.4, 0.5) is 5.82 Å². The van der Waals surface area contributed by atoms with Crippen molar-refractivity contribution in [2.45, 2.75) is 13.0 Å². The van der Waals surface area contributed by atoms with Crippen molar-refractivity contribution in [1.29, 1.82) is 0 Å². The average Bonchev–Trinajstić information content (AvgIpc) is 2.79. The standard InChI is InChI=1S/C16H15N5O2S/c22-14-6-10-24-16(15(23)19-13-3-1-2-7-18-13)20-21(14)11-12-4-8-17-9-5-12/h1-5,7-9H,6,10-11H2,(H,18,19,23). The van der Waals surface area contributed by atoms with E-state index in [1.165, 1.54) is 16.8 Å².